The number of hydrogen-bond acceptors (Lipinski definition) is 0. The summed E-state index contributed by atoms with van der Waals surface area (Å²) in [6.07, 6.45) is 20.0. The molecule has 0 aromatic heterocycles. The van der Waals surface area contributed by atoms with Gasteiger partial charge in [0.15, 0.2) is 0 Å². The lowest BCUT2D eigenvalue weighted by atomic mass is 10.3. The van der Waals surface area contributed by atoms with Crippen molar-refractivity contribution in [3.05, 3.63) is 255 Å². The van der Waals surface area contributed by atoms with Crippen LogP contribution in [-0.4, -0.2) is 36.6 Å². The highest BCUT2D eigenvalue weighted by Crippen LogP contribution is 2.33. The first kappa shape index (κ1) is 54.3. The van der Waals surface area contributed by atoms with Crippen molar-refractivity contribution in [3.8, 4) is 0 Å². The average molecular weight is 974 g/mol. The summed E-state index contributed by atoms with van der Waals surface area (Å²) in [5.41, 5.74) is 1.93. The lowest BCUT2D eigenvalue weighted by Gasteiger charge is -2.22. The molecule has 0 atom stereocenters. The van der Waals surface area contributed by atoms with E-state index < -0.39 is 17.6 Å². The summed E-state index contributed by atoms with van der Waals surface area (Å²) in [6, 6.07) is 87.9. The molecule has 2 saturated carbocycles. The van der Waals surface area contributed by atoms with Crippen molar-refractivity contribution in [1.29, 1.82) is 0 Å². The van der Waals surface area contributed by atoms with E-state index in [0.29, 0.717) is 0 Å². The summed E-state index contributed by atoms with van der Waals surface area (Å²) < 4.78 is 0. The van der Waals surface area contributed by atoms with Gasteiger partial charge in [0.2, 0.25) is 0 Å². The van der Waals surface area contributed by atoms with Gasteiger partial charge in [0, 0.05) is 0 Å². The largest absolute Gasteiger partial charge is 0.106 e. The Morgan fingerprint density at radius 1 is 0.261 bits per heavy atom. The summed E-state index contributed by atoms with van der Waals surface area (Å²) in [5.74, 6) is 0. The molecule has 11 rings (SSSR count). The molecular formula is C65H80Si4. The molecule has 0 nitrogen and oxygen atoms in total. The first-order valence-electron chi connectivity index (χ1n) is 25.3. The van der Waals surface area contributed by atoms with Gasteiger partial charge in [-0.1, -0.05) is 363 Å². The fraction of sp³-hybridized carbons (Fsp3) is 0.231. The number of hydrogen-bond donors (Lipinski definition) is 0. The maximum Gasteiger partial charge on any atom is 0.106 e. The Labute approximate surface area is 426 Å². The van der Waals surface area contributed by atoms with Crippen molar-refractivity contribution in [1.82, 2.24) is 0 Å². The molecule has 0 amide bonds. The summed E-state index contributed by atoms with van der Waals surface area (Å²) in [7, 11) is -2.47. The van der Waals surface area contributed by atoms with Crippen LogP contribution in [0.2, 0.25) is 11.1 Å². The molecule has 0 aliphatic heterocycles. The monoisotopic (exact) mass is 973 g/mol. The topological polar surface area (TPSA) is 0 Å². The molecule has 0 heterocycles. The molecule has 3 aliphatic rings. The van der Waals surface area contributed by atoms with Crippen LogP contribution in [0.5, 0.6) is 0 Å². The smallest absolute Gasteiger partial charge is 0.0885 e. The van der Waals surface area contributed by atoms with E-state index in [9.17, 15) is 0 Å². The molecule has 0 N–H and O–H groups in total. The second-order valence-corrected chi connectivity index (χ2v) is 28.8. The Morgan fingerprint density at radius 3 is 0.652 bits per heavy atom. The third-order valence-electron chi connectivity index (χ3n) is 13.5. The maximum absolute atomic E-state index is 2.35. The van der Waals surface area contributed by atoms with Crippen LogP contribution in [0.15, 0.2) is 255 Å². The van der Waals surface area contributed by atoms with Crippen LogP contribution < -0.4 is 41.5 Å². The van der Waals surface area contributed by atoms with E-state index >= 15 is 0 Å². The van der Waals surface area contributed by atoms with E-state index in [2.05, 4.69) is 255 Å². The molecule has 8 aromatic rings. The Morgan fingerprint density at radius 2 is 0.464 bits per heavy atom. The quantitative estimate of drug-likeness (QED) is 0.0947. The Bertz CT molecular complexity index is 2140. The van der Waals surface area contributed by atoms with Crippen molar-refractivity contribution in [2.45, 2.75) is 96.6 Å². The number of rotatable bonds is 10. The van der Waals surface area contributed by atoms with Gasteiger partial charge in [-0.15, -0.1) is 0 Å². The van der Waals surface area contributed by atoms with Crippen molar-refractivity contribution < 1.29 is 0 Å². The fourth-order valence-corrected chi connectivity index (χ4v) is 20.9. The molecule has 0 saturated heterocycles. The molecule has 2 fully saturated rings. The highest BCUT2D eigenvalue weighted by Gasteiger charge is 2.30. The summed E-state index contributed by atoms with van der Waals surface area (Å²) >= 11 is 0. The minimum atomic E-state index is -1.00. The lowest BCUT2D eigenvalue weighted by Crippen LogP contribution is -2.45. The molecule has 0 bridgehead atoms. The molecule has 0 radical (unpaired) electrons. The second-order valence-electron chi connectivity index (χ2n) is 18.4. The zero-order valence-electron chi connectivity index (χ0n) is 39.8. The number of benzene rings is 8. The minimum absolute atomic E-state index is 0. The molecule has 4 heteroatoms. The van der Waals surface area contributed by atoms with Gasteiger partial charge in [0.25, 0.3) is 0 Å². The molecule has 69 heavy (non-hydrogen) atoms. The van der Waals surface area contributed by atoms with Crippen LogP contribution in [0.1, 0.15) is 85.5 Å². The van der Waals surface area contributed by atoms with Crippen molar-refractivity contribution >= 4 is 78.1 Å². The van der Waals surface area contributed by atoms with Gasteiger partial charge in [-0.05, 0) is 30.3 Å². The van der Waals surface area contributed by atoms with Crippen molar-refractivity contribution in [2.24, 2.45) is 0 Å². The zero-order chi connectivity index (χ0) is 45.8. The highest BCUT2D eigenvalue weighted by molar-refractivity contribution is 6.87. The molecule has 0 spiro atoms. The third kappa shape index (κ3) is 19.0. The Kier molecular flexibility index (Phi) is 25.4. The first-order chi connectivity index (χ1) is 33.3. The van der Waals surface area contributed by atoms with Crippen LogP contribution in [-0.2, 0) is 0 Å². The summed E-state index contributed by atoms with van der Waals surface area (Å²) in [6.45, 7) is 0. The van der Waals surface area contributed by atoms with Crippen molar-refractivity contribution in [2.75, 3.05) is 0 Å². The Hall–Kier alpha value is -5.63. The maximum atomic E-state index is 2.35. The summed E-state index contributed by atoms with van der Waals surface area (Å²) in [4.78, 5) is 0. The van der Waals surface area contributed by atoms with Gasteiger partial charge in [0.1, 0.15) is 17.6 Å². The predicted octanol–water partition coefficient (Wildman–Crippen LogP) is 10.6. The summed E-state index contributed by atoms with van der Waals surface area (Å²) in [5, 5.41) is 12.5. The average Bonchev–Trinajstić information content (AvgIpc) is 4.26. The van der Waals surface area contributed by atoms with Gasteiger partial charge in [-0.2, -0.15) is 0 Å². The second kappa shape index (κ2) is 32.2. The van der Waals surface area contributed by atoms with Crippen LogP contribution in [0.3, 0.4) is 0 Å². The van der Waals surface area contributed by atoms with Gasteiger partial charge < -0.3 is 0 Å². The van der Waals surface area contributed by atoms with E-state index in [4.69, 9.17) is 0 Å². The van der Waals surface area contributed by atoms with Crippen LogP contribution in [0, 0.1) is 0 Å². The first-order valence-corrected chi connectivity index (χ1v) is 31.8. The fourth-order valence-electron chi connectivity index (χ4n) is 10.1. The third-order valence-corrected chi connectivity index (χ3v) is 24.6. The lowest BCUT2D eigenvalue weighted by molar-refractivity contribution is 0.864. The molecule has 8 aromatic carbocycles. The van der Waals surface area contributed by atoms with E-state index in [0.717, 1.165) is 11.1 Å². The van der Waals surface area contributed by atoms with Crippen LogP contribution in [0.25, 0.3) is 0 Å². The van der Waals surface area contributed by atoms with Gasteiger partial charge >= 0.3 is 0 Å². The van der Waals surface area contributed by atoms with E-state index in [1.165, 1.54) is 91.4 Å². The van der Waals surface area contributed by atoms with Gasteiger partial charge in [-0.3, -0.25) is 0 Å². The zero-order valence-corrected chi connectivity index (χ0v) is 44.9. The molecular weight excluding hydrogens is 893 g/mol. The van der Waals surface area contributed by atoms with Gasteiger partial charge in [0.05, 0.1) is 19.0 Å². The highest BCUT2D eigenvalue weighted by atomic mass is 28.3. The van der Waals surface area contributed by atoms with Crippen molar-refractivity contribution in [3.63, 3.8) is 0 Å². The van der Waals surface area contributed by atoms with E-state index in [-0.39, 0.29) is 33.9 Å². The van der Waals surface area contributed by atoms with Gasteiger partial charge in [-0.25, -0.2) is 0 Å². The van der Waals surface area contributed by atoms with Crippen LogP contribution in [0.4, 0.5) is 0 Å². The van der Waals surface area contributed by atoms with E-state index in [1.54, 1.807) is 20.7 Å². The van der Waals surface area contributed by atoms with Crippen LogP contribution >= 0.6 is 0 Å². The normalized spacial score (nSPS) is 13.7. The standard InChI is InChI=1S/2C17H20Si.2C12H12Si.C5H8.2CH4/c2*1-3-9-15(10-4-1)18(17-13-7-8-14-17)16-11-5-2-6-12-16;2*1-3-7-11(8-4-1)13-12-9-5-2-6-10-12;1-2-4-5-3-1;;/h2*1-6,9-12,17-18H,7-8,13-14H2;2*1-10H,13H2;1-2H,3-5H2;2*1H4. The molecule has 356 valence electrons. The molecule has 3 aliphatic carbocycles. The SMILES string of the molecule is C.C.C1=CCCC1.c1ccc([SiH2]c2ccccc2)cc1.c1ccc([SiH2]c2ccccc2)cc1.c1ccc([SiH](c2ccccc2)C2CCCC2)cc1.c1ccc([SiH](c2ccccc2)C2CCCC2)cc1. The molecule has 0 unspecified atom stereocenters. The van der Waals surface area contributed by atoms with E-state index in [1.807, 2.05) is 0 Å². The Balaban J connectivity index is 0.000000166. The number of allylic oxidation sites excluding steroid dienone is 2. The minimum Gasteiger partial charge on any atom is -0.0885 e. The predicted molar refractivity (Wildman–Crippen MR) is 321 cm³/mol.